The Labute approximate surface area is 99.2 Å². The number of hydrogen-bond acceptors (Lipinski definition) is 4. The summed E-state index contributed by atoms with van der Waals surface area (Å²) in [6, 6.07) is 8.91. The molecule has 0 amide bonds. The Hall–Kier alpha value is -1.29. The molecule has 1 rings (SSSR count). The first-order chi connectivity index (χ1) is 7.59. The smallest absolute Gasteiger partial charge is 0.314 e. The molecule has 0 saturated heterocycles. The number of esters is 1. The van der Waals surface area contributed by atoms with Gasteiger partial charge in [-0.1, -0.05) is 36.9 Å². The lowest BCUT2D eigenvalue weighted by Gasteiger charge is -2.09. The van der Waals surface area contributed by atoms with E-state index < -0.39 is 0 Å². The fourth-order valence-electron chi connectivity index (χ4n) is 1.02. The zero-order valence-electron chi connectivity index (χ0n) is 9.30. The topological polar surface area (TPSA) is 43.4 Å². The van der Waals surface area contributed by atoms with E-state index in [1.807, 2.05) is 6.07 Å². The third kappa shape index (κ3) is 4.49. The molecule has 0 aliphatic carbocycles. The van der Waals surface area contributed by atoms with E-state index in [1.165, 1.54) is 6.92 Å². The number of carbonyl (C=O) groups is 2. The minimum Gasteiger partial charge on any atom is -0.426 e. The van der Waals surface area contributed by atoms with E-state index in [1.54, 1.807) is 31.2 Å². The highest BCUT2D eigenvalue weighted by Gasteiger charge is 2.16. The lowest BCUT2D eigenvalue weighted by molar-refractivity contribution is -0.137. The molecule has 0 aliphatic heterocycles. The number of thioether (sulfide) groups is 1. The largest absolute Gasteiger partial charge is 0.426 e. The predicted molar refractivity (Wildman–Crippen MR) is 64.4 cm³/mol. The SMILES string of the molecule is CC(=O)SCC(C)C(=O)Oc1ccccc1. The summed E-state index contributed by atoms with van der Waals surface area (Å²) in [6.45, 7) is 3.24. The highest BCUT2D eigenvalue weighted by atomic mass is 32.2. The van der Waals surface area contributed by atoms with Gasteiger partial charge in [0.2, 0.25) is 0 Å². The number of benzene rings is 1. The van der Waals surface area contributed by atoms with Crippen molar-refractivity contribution in [2.75, 3.05) is 5.75 Å². The summed E-state index contributed by atoms with van der Waals surface area (Å²) in [7, 11) is 0. The van der Waals surface area contributed by atoms with Crippen LogP contribution >= 0.6 is 11.8 Å². The van der Waals surface area contributed by atoms with Crippen molar-refractivity contribution in [3.8, 4) is 5.75 Å². The van der Waals surface area contributed by atoms with Gasteiger partial charge in [-0.2, -0.15) is 0 Å². The normalized spacial score (nSPS) is 11.9. The predicted octanol–water partition coefficient (Wildman–Crippen LogP) is 2.51. The minimum absolute atomic E-state index is 0.0133. The average Bonchev–Trinajstić information content (AvgIpc) is 2.27. The molecule has 1 atom stereocenters. The quantitative estimate of drug-likeness (QED) is 0.597. The van der Waals surface area contributed by atoms with E-state index in [2.05, 4.69) is 0 Å². The van der Waals surface area contributed by atoms with Gasteiger partial charge in [0, 0.05) is 12.7 Å². The number of hydrogen-bond donors (Lipinski definition) is 0. The van der Waals surface area contributed by atoms with Gasteiger partial charge in [0.15, 0.2) is 5.12 Å². The summed E-state index contributed by atoms with van der Waals surface area (Å²) in [5.74, 6) is 0.405. The Morgan fingerprint density at radius 1 is 1.31 bits per heavy atom. The lowest BCUT2D eigenvalue weighted by Crippen LogP contribution is -2.20. The Morgan fingerprint density at radius 3 is 2.50 bits per heavy atom. The number of rotatable bonds is 4. The van der Waals surface area contributed by atoms with E-state index in [0.29, 0.717) is 11.5 Å². The Kier molecular flexibility index (Phi) is 5.05. The summed E-state index contributed by atoms with van der Waals surface area (Å²) in [5.41, 5.74) is 0. The molecule has 0 N–H and O–H groups in total. The van der Waals surface area contributed by atoms with Crippen LogP contribution in [0.15, 0.2) is 30.3 Å². The van der Waals surface area contributed by atoms with Crippen LogP contribution in [0.5, 0.6) is 5.75 Å². The molecular formula is C12H14O3S. The fourth-order valence-corrected chi connectivity index (χ4v) is 1.64. The first kappa shape index (κ1) is 12.8. The fraction of sp³-hybridized carbons (Fsp3) is 0.333. The second-order valence-corrected chi connectivity index (χ2v) is 4.63. The second kappa shape index (κ2) is 6.33. The van der Waals surface area contributed by atoms with Crippen molar-refractivity contribution < 1.29 is 14.3 Å². The molecule has 1 aromatic carbocycles. The standard InChI is InChI=1S/C12H14O3S/c1-9(8-16-10(2)13)12(14)15-11-6-4-3-5-7-11/h3-7,9H,8H2,1-2H3. The van der Waals surface area contributed by atoms with Crippen LogP contribution in [0, 0.1) is 5.92 Å². The molecule has 0 radical (unpaired) electrons. The maximum Gasteiger partial charge on any atom is 0.314 e. The van der Waals surface area contributed by atoms with Crippen LogP contribution in [0.25, 0.3) is 0 Å². The monoisotopic (exact) mass is 238 g/mol. The van der Waals surface area contributed by atoms with E-state index in [0.717, 1.165) is 11.8 Å². The lowest BCUT2D eigenvalue weighted by atomic mass is 10.2. The summed E-state index contributed by atoms with van der Waals surface area (Å²) < 4.78 is 5.14. The molecule has 3 nitrogen and oxygen atoms in total. The average molecular weight is 238 g/mol. The molecule has 86 valence electrons. The van der Waals surface area contributed by atoms with Crippen molar-refractivity contribution >= 4 is 22.8 Å². The van der Waals surface area contributed by atoms with Crippen molar-refractivity contribution in [1.29, 1.82) is 0 Å². The highest BCUT2D eigenvalue weighted by molar-refractivity contribution is 8.13. The summed E-state index contributed by atoms with van der Waals surface area (Å²) >= 11 is 1.14. The first-order valence-corrected chi connectivity index (χ1v) is 5.98. The van der Waals surface area contributed by atoms with Gasteiger partial charge in [-0.3, -0.25) is 9.59 Å². The van der Waals surface area contributed by atoms with Crippen LogP contribution in [0.1, 0.15) is 13.8 Å². The molecule has 1 unspecified atom stereocenters. The van der Waals surface area contributed by atoms with Crippen LogP contribution in [-0.4, -0.2) is 16.8 Å². The van der Waals surface area contributed by atoms with E-state index >= 15 is 0 Å². The molecular weight excluding hydrogens is 224 g/mol. The minimum atomic E-state index is -0.306. The Balaban J connectivity index is 2.43. The zero-order chi connectivity index (χ0) is 12.0. The van der Waals surface area contributed by atoms with Gasteiger partial charge < -0.3 is 4.74 Å². The molecule has 0 aliphatic rings. The molecule has 16 heavy (non-hydrogen) atoms. The molecule has 0 heterocycles. The maximum absolute atomic E-state index is 11.6. The van der Waals surface area contributed by atoms with Crippen molar-refractivity contribution in [2.45, 2.75) is 13.8 Å². The van der Waals surface area contributed by atoms with Gasteiger partial charge in [0.1, 0.15) is 5.75 Å². The van der Waals surface area contributed by atoms with Crippen molar-refractivity contribution in [3.63, 3.8) is 0 Å². The van der Waals surface area contributed by atoms with Crippen LogP contribution < -0.4 is 4.74 Å². The second-order valence-electron chi connectivity index (χ2n) is 3.44. The van der Waals surface area contributed by atoms with E-state index in [4.69, 9.17) is 4.74 Å². The Bertz CT molecular complexity index is 362. The van der Waals surface area contributed by atoms with Gasteiger partial charge in [-0.15, -0.1) is 0 Å². The van der Waals surface area contributed by atoms with Gasteiger partial charge in [-0.05, 0) is 12.1 Å². The van der Waals surface area contributed by atoms with Gasteiger partial charge in [-0.25, -0.2) is 0 Å². The van der Waals surface area contributed by atoms with Crippen molar-refractivity contribution in [1.82, 2.24) is 0 Å². The number of para-hydroxylation sites is 1. The van der Waals surface area contributed by atoms with Crippen LogP contribution in [-0.2, 0) is 9.59 Å². The van der Waals surface area contributed by atoms with Crippen LogP contribution in [0.4, 0.5) is 0 Å². The molecule has 4 heteroatoms. The molecule has 0 saturated carbocycles. The highest BCUT2D eigenvalue weighted by Crippen LogP contribution is 2.14. The summed E-state index contributed by atoms with van der Waals surface area (Å²) in [4.78, 5) is 22.3. The number of carbonyl (C=O) groups excluding carboxylic acids is 2. The van der Waals surface area contributed by atoms with Crippen molar-refractivity contribution in [2.24, 2.45) is 5.92 Å². The molecule has 1 aromatic rings. The van der Waals surface area contributed by atoms with E-state index in [9.17, 15) is 9.59 Å². The van der Waals surface area contributed by atoms with Crippen LogP contribution in [0.3, 0.4) is 0 Å². The molecule has 0 aromatic heterocycles. The van der Waals surface area contributed by atoms with Crippen LogP contribution in [0.2, 0.25) is 0 Å². The summed E-state index contributed by atoms with van der Waals surface area (Å²) in [6.07, 6.45) is 0. The zero-order valence-corrected chi connectivity index (χ0v) is 10.1. The number of ether oxygens (including phenoxy) is 1. The molecule has 0 fully saturated rings. The van der Waals surface area contributed by atoms with Crippen molar-refractivity contribution in [3.05, 3.63) is 30.3 Å². The Morgan fingerprint density at radius 2 is 1.94 bits per heavy atom. The van der Waals surface area contributed by atoms with Gasteiger partial charge >= 0.3 is 5.97 Å². The molecule has 0 bridgehead atoms. The molecule has 0 spiro atoms. The van der Waals surface area contributed by atoms with E-state index in [-0.39, 0.29) is 17.0 Å². The maximum atomic E-state index is 11.6. The summed E-state index contributed by atoms with van der Waals surface area (Å²) in [5, 5.41) is 0.0133. The van der Waals surface area contributed by atoms with Gasteiger partial charge in [0.05, 0.1) is 5.92 Å². The third-order valence-corrected chi connectivity index (χ3v) is 2.97. The van der Waals surface area contributed by atoms with Gasteiger partial charge in [0.25, 0.3) is 0 Å². The first-order valence-electron chi connectivity index (χ1n) is 4.99. The third-order valence-electron chi connectivity index (χ3n) is 1.90.